The molecule has 6 heteroatoms. The molecule has 0 N–H and O–H groups in total. The van der Waals surface area contributed by atoms with Crippen LogP contribution in [0.25, 0.3) is 0 Å². The van der Waals surface area contributed by atoms with Gasteiger partial charge in [0.1, 0.15) is 5.69 Å². The van der Waals surface area contributed by atoms with Crippen molar-refractivity contribution in [3.05, 3.63) is 29.6 Å². The molecule has 0 aromatic carbocycles. The van der Waals surface area contributed by atoms with E-state index in [-0.39, 0.29) is 12.1 Å². The van der Waals surface area contributed by atoms with Gasteiger partial charge in [-0.1, -0.05) is 6.07 Å². The van der Waals surface area contributed by atoms with Gasteiger partial charge in [-0.2, -0.15) is 13.2 Å². The number of alkyl halides is 3. The Hall–Kier alpha value is -1.68. The predicted molar refractivity (Wildman–Crippen MR) is 41.1 cm³/mol. The zero-order valence-corrected chi connectivity index (χ0v) is 6.88. The standard InChI is InChI=1S/C8H5F3N2O/c9-8(10,11)7-6(4-12-5-14)2-1-3-13-7/h1-3H,4H2. The molecular weight excluding hydrogens is 197 g/mol. The van der Waals surface area contributed by atoms with Crippen molar-refractivity contribution in [2.24, 2.45) is 4.99 Å². The van der Waals surface area contributed by atoms with Crippen LogP contribution in [0, 0.1) is 0 Å². The van der Waals surface area contributed by atoms with Gasteiger partial charge in [-0.15, -0.1) is 0 Å². The van der Waals surface area contributed by atoms with Crippen LogP contribution in [0.3, 0.4) is 0 Å². The van der Waals surface area contributed by atoms with Crippen LogP contribution in [-0.2, 0) is 17.5 Å². The van der Waals surface area contributed by atoms with Crippen molar-refractivity contribution in [3.8, 4) is 0 Å². The predicted octanol–water partition coefficient (Wildman–Crippen LogP) is 1.94. The second kappa shape index (κ2) is 4.02. The summed E-state index contributed by atoms with van der Waals surface area (Å²) in [5.41, 5.74) is -1.15. The Morgan fingerprint density at radius 2 is 2.21 bits per heavy atom. The molecule has 0 saturated carbocycles. The third kappa shape index (κ3) is 2.40. The number of halogens is 3. The highest BCUT2D eigenvalue weighted by Crippen LogP contribution is 2.30. The molecule has 0 aliphatic rings. The maximum Gasteiger partial charge on any atom is 0.433 e. The minimum absolute atomic E-state index is 0.136. The molecule has 0 unspecified atom stereocenters. The van der Waals surface area contributed by atoms with Crippen molar-refractivity contribution in [2.45, 2.75) is 12.7 Å². The van der Waals surface area contributed by atoms with E-state index < -0.39 is 11.9 Å². The van der Waals surface area contributed by atoms with Crippen LogP contribution < -0.4 is 0 Å². The largest absolute Gasteiger partial charge is 0.433 e. The lowest BCUT2D eigenvalue weighted by atomic mass is 10.2. The van der Waals surface area contributed by atoms with Gasteiger partial charge in [0.25, 0.3) is 0 Å². The second-order valence-electron chi connectivity index (χ2n) is 2.42. The number of rotatable bonds is 2. The van der Waals surface area contributed by atoms with Crippen LogP contribution in [0.5, 0.6) is 0 Å². The summed E-state index contributed by atoms with van der Waals surface area (Å²) in [6.45, 7) is -0.355. The quantitative estimate of drug-likeness (QED) is 0.543. The van der Waals surface area contributed by atoms with Crippen molar-refractivity contribution < 1.29 is 18.0 Å². The number of aromatic nitrogens is 1. The van der Waals surface area contributed by atoms with Crippen LogP contribution in [0.15, 0.2) is 23.3 Å². The molecule has 0 aliphatic carbocycles. The van der Waals surface area contributed by atoms with Crippen LogP contribution in [0.1, 0.15) is 11.3 Å². The highest BCUT2D eigenvalue weighted by molar-refractivity contribution is 5.34. The highest BCUT2D eigenvalue weighted by Gasteiger charge is 2.34. The Labute approximate surface area is 77.3 Å². The molecule has 1 aromatic rings. The SMILES string of the molecule is O=C=NCc1cccnc1C(F)(F)F. The van der Waals surface area contributed by atoms with E-state index in [2.05, 4.69) is 9.98 Å². The van der Waals surface area contributed by atoms with E-state index >= 15 is 0 Å². The summed E-state index contributed by atoms with van der Waals surface area (Å²) in [6.07, 6.45) is -2.31. The molecule has 74 valence electrons. The topological polar surface area (TPSA) is 42.3 Å². The number of aliphatic imine (C=N–C) groups is 1. The van der Waals surface area contributed by atoms with E-state index in [0.717, 1.165) is 6.20 Å². The van der Waals surface area contributed by atoms with E-state index in [1.165, 1.54) is 18.2 Å². The summed E-state index contributed by atoms with van der Waals surface area (Å²) in [7, 11) is 0. The lowest BCUT2D eigenvalue weighted by molar-refractivity contribution is -0.141. The van der Waals surface area contributed by atoms with Crippen LogP contribution in [0.2, 0.25) is 0 Å². The van der Waals surface area contributed by atoms with Gasteiger partial charge in [-0.05, 0) is 6.07 Å². The number of nitrogens with zero attached hydrogens (tertiary/aromatic N) is 2. The first kappa shape index (κ1) is 10.4. The fourth-order valence-corrected chi connectivity index (χ4v) is 0.939. The van der Waals surface area contributed by atoms with Crippen molar-refractivity contribution in [3.63, 3.8) is 0 Å². The lowest BCUT2D eigenvalue weighted by Crippen LogP contribution is -2.11. The fourth-order valence-electron chi connectivity index (χ4n) is 0.939. The molecular formula is C8H5F3N2O. The number of hydrogen-bond acceptors (Lipinski definition) is 3. The Kier molecular flexibility index (Phi) is 2.99. The summed E-state index contributed by atoms with van der Waals surface area (Å²) in [5.74, 6) is 0. The smallest absolute Gasteiger partial charge is 0.251 e. The fraction of sp³-hybridized carbons (Fsp3) is 0.250. The Balaban J connectivity index is 3.09. The Morgan fingerprint density at radius 3 is 2.79 bits per heavy atom. The number of carbonyl (C=O) groups excluding carboxylic acids is 1. The normalized spacial score (nSPS) is 10.8. The Morgan fingerprint density at radius 1 is 1.50 bits per heavy atom. The maximum atomic E-state index is 12.3. The van der Waals surface area contributed by atoms with Gasteiger partial charge in [-0.25, -0.2) is 9.79 Å². The molecule has 14 heavy (non-hydrogen) atoms. The van der Waals surface area contributed by atoms with Crippen LogP contribution in [0.4, 0.5) is 13.2 Å². The molecule has 0 radical (unpaired) electrons. The molecule has 1 aromatic heterocycles. The maximum absolute atomic E-state index is 12.3. The molecule has 0 atom stereocenters. The van der Waals surface area contributed by atoms with E-state index in [1.807, 2.05) is 0 Å². The van der Waals surface area contributed by atoms with Gasteiger partial charge >= 0.3 is 6.18 Å². The molecule has 3 nitrogen and oxygen atoms in total. The van der Waals surface area contributed by atoms with Gasteiger partial charge in [-0.3, -0.25) is 4.98 Å². The summed E-state index contributed by atoms with van der Waals surface area (Å²) < 4.78 is 36.8. The zero-order chi connectivity index (χ0) is 10.6. The highest BCUT2D eigenvalue weighted by atomic mass is 19.4. The first-order valence-corrected chi connectivity index (χ1v) is 3.60. The van der Waals surface area contributed by atoms with E-state index in [4.69, 9.17) is 0 Å². The molecule has 0 bridgehead atoms. The van der Waals surface area contributed by atoms with Gasteiger partial charge < -0.3 is 0 Å². The van der Waals surface area contributed by atoms with Crippen molar-refractivity contribution in [1.82, 2.24) is 4.98 Å². The zero-order valence-electron chi connectivity index (χ0n) is 6.88. The number of pyridine rings is 1. The van der Waals surface area contributed by atoms with E-state index in [1.54, 1.807) is 0 Å². The van der Waals surface area contributed by atoms with Gasteiger partial charge in [0, 0.05) is 11.8 Å². The lowest BCUT2D eigenvalue weighted by Gasteiger charge is -2.08. The van der Waals surface area contributed by atoms with Gasteiger partial charge in [0.2, 0.25) is 6.08 Å². The Bertz CT molecular complexity index is 369. The van der Waals surface area contributed by atoms with E-state index in [0.29, 0.717) is 0 Å². The van der Waals surface area contributed by atoms with Gasteiger partial charge in [0.15, 0.2) is 0 Å². The minimum atomic E-state index is -4.52. The number of hydrogen-bond donors (Lipinski definition) is 0. The second-order valence-corrected chi connectivity index (χ2v) is 2.42. The molecule has 1 heterocycles. The summed E-state index contributed by atoms with van der Waals surface area (Å²) >= 11 is 0. The summed E-state index contributed by atoms with van der Waals surface area (Å²) in [6, 6.07) is 2.57. The summed E-state index contributed by atoms with van der Waals surface area (Å²) in [4.78, 5) is 16.0. The molecule has 0 fully saturated rings. The number of isocyanates is 1. The molecule has 0 saturated heterocycles. The summed E-state index contributed by atoms with van der Waals surface area (Å²) in [5, 5.41) is 0. The van der Waals surface area contributed by atoms with Crippen LogP contribution in [-0.4, -0.2) is 11.1 Å². The van der Waals surface area contributed by atoms with Gasteiger partial charge in [0.05, 0.1) is 6.54 Å². The van der Waals surface area contributed by atoms with Crippen molar-refractivity contribution >= 4 is 6.08 Å². The third-order valence-electron chi connectivity index (χ3n) is 1.47. The first-order chi connectivity index (χ1) is 6.55. The van der Waals surface area contributed by atoms with Crippen molar-refractivity contribution in [1.29, 1.82) is 0 Å². The monoisotopic (exact) mass is 202 g/mol. The van der Waals surface area contributed by atoms with Crippen molar-refractivity contribution in [2.75, 3.05) is 0 Å². The average Bonchev–Trinajstić information content (AvgIpc) is 2.14. The third-order valence-corrected chi connectivity index (χ3v) is 1.47. The van der Waals surface area contributed by atoms with E-state index in [9.17, 15) is 18.0 Å². The average molecular weight is 202 g/mol. The molecule has 1 rings (SSSR count). The first-order valence-electron chi connectivity index (χ1n) is 3.60. The molecule has 0 aliphatic heterocycles. The van der Waals surface area contributed by atoms with Crippen LogP contribution >= 0.6 is 0 Å². The minimum Gasteiger partial charge on any atom is -0.251 e. The molecule has 0 amide bonds. The molecule has 0 spiro atoms.